The van der Waals surface area contributed by atoms with E-state index in [9.17, 15) is 14.4 Å². The minimum absolute atomic E-state index is 0.113. The molecule has 0 saturated carbocycles. The van der Waals surface area contributed by atoms with E-state index in [1.54, 1.807) is 0 Å². The number of hydrogen-bond acceptors (Lipinski definition) is 6. The second-order valence-corrected chi connectivity index (χ2v) is 19.5. The first-order chi connectivity index (χ1) is 37.0. The molecule has 0 aromatic carbocycles. The Bertz CT molecular complexity index is 1660. The number of esters is 3. The van der Waals surface area contributed by atoms with Gasteiger partial charge < -0.3 is 14.2 Å². The lowest BCUT2D eigenvalue weighted by molar-refractivity contribution is -0.167. The summed E-state index contributed by atoms with van der Waals surface area (Å²) in [5, 5.41) is 0. The quantitative estimate of drug-likeness (QED) is 0.0261. The van der Waals surface area contributed by atoms with Crippen LogP contribution >= 0.6 is 0 Å². The number of hydrogen-bond donors (Lipinski definition) is 0. The SMILES string of the molecule is CC/C=C\C/C=C\C/C=C\C/C=C\C/C=C\C/C=C\CCCCC(=O)OCC(COC(=O)CCCCCCCCCCCCCCCCC)OC(=O)CCCC/C=C\C/C=C\C/C=C\C/C=C\C/C=C\C/C=C\CC. The fourth-order valence-corrected chi connectivity index (χ4v) is 7.86. The van der Waals surface area contributed by atoms with Crippen LogP contribution in [0.15, 0.2) is 146 Å². The number of unbranched alkanes of at least 4 members (excludes halogenated alkanes) is 18. The third-order valence-electron chi connectivity index (χ3n) is 12.3. The Hall–Kier alpha value is -4.71. The minimum atomic E-state index is -0.825. The number of rotatable bonds is 53. The van der Waals surface area contributed by atoms with Crippen molar-refractivity contribution in [1.29, 1.82) is 0 Å². The van der Waals surface area contributed by atoms with Gasteiger partial charge in [0.15, 0.2) is 6.10 Å². The molecule has 0 aromatic rings. The zero-order chi connectivity index (χ0) is 54.3. The van der Waals surface area contributed by atoms with Crippen LogP contribution in [-0.2, 0) is 28.6 Å². The third-order valence-corrected chi connectivity index (χ3v) is 12.3. The molecule has 422 valence electrons. The van der Waals surface area contributed by atoms with Gasteiger partial charge in [-0.05, 0) is 122 Å². The van der Waals surface area contributed by atoms with Crippen LogP contribution in [0.4, 0.5) is 0 Å². The lowest BCUT2D eigenvalue weighted by Gasteiger charge is -2.18. The van der Waals surface area contributed by atoms with E-state index < -0.39 is 6.10 Å². The monoisotopic (exact) mass is 1030 g/mol. The molecule has 6 nitrogen and oxygen atoms in total. The van der Waals surface area contributed by atoms with Gasteiger partial charge in [-0.3, -0.25) is 14.4 Å². The summed E-state index contributed by atoms with van der Waals surface area (Å²) in [7, 11) is 0. The number of carbonyl (C=O) groups is 3. The minimum Gasteiger partial charge on any atom is -0.462 e. The van der Waals surface area contributed by atoms with Crippen molar-refractivity contribution in [2.75, 3.05) is 13.2 Å². The second-order valence-electron chi connectivity index (χ2n) is 19.5. The molecule has 0 saturated heterocycles. The summed E-state index contributed by atoms with van der Waals surface area (Å²) >= 11 is 0. The Balaban J connectivity index is 4.57. The fourth-order valence-electron chi connectivity index (χ4n) is 7.86. The normalized spacial score (nSPS) is 13.2. The maximum atomic E-state index is 12.9. The smallest absolute Gasteiger partial charge is 0.306 e. The molecule has 0 spiro atoms. The van der Waals surface area contributed by atoms with Gasteiger partial charge in [-0.2, -0.15) is 0 Å². The zero-order valence-electron chi connectivity index (χ0n) is 48.3. The van der Waals surface area contributed by atoms with Crippen LogP contribution in [0, 0.1) is 0 Å². The molecule has 75 heavy (non-hydrogen) atoms. The third kappa shape index (κ3) is 60.0. The molecule has 6 heteroatoms. The van der Waals surface area contributed by atoms with Crippen molar-refractivity contribution in [3.8, 4) is 0 Å². The van der Waals surface area contributed by atoms with Crippen molar-refractivity contribution >= 4 is 17.9 Å². The van der Waals surface area contributed by atoms with Crippen LogP contribution in [0.2, 0.25) is 0 Å². The highest BCUT2D eigenvalue weighted by Crippen LogP contribution is 2.15. The highest BCUT2D eigenvalue weighted by molar-refractivity contribution is 5.71. The van der Waals surface area contributed by atoms with Crippen molar-refractivity contribution < 1.29 is 28.6 Å². The van der Waals surface area contributed by atoms with E-state index in [4.69, 9.17) is 14.2 Å². The van der Waals surface area contributed by atoms with E-state index in [0.717, 1.165) is 122 Å². The molecular weight excluding hydrogens is 925 g/mol. The van der Waals surface area contributed by atoms with Gasteiger partial charge in [-0.1, -0.05) is 256 Å². The van der Waals surface area contributed by atoms with Crippen LogP contribution in [0.5, 0.6) is 0 Å². The molecule has 0 aliphatic rings. The van der Waals surface area contributed by atoms with Gasteiger partial charge >= 0.3 is 17.9 Å². The Kier molecular flexibility index (Phi) is 58.0. The van der Waals surface area contributed by atoms with Crippen LogP contribution in [0.25, 0.3) is 0 Å². The molecule has 0 bridgehead atoms. The molecule has 0 aliphatic carbocycles. The zero-order valence-corrected chi connectivity index (χ0v) is 48.3. The summed E-state index contributed by atoms with van der Waals surface area (Å²) in [5.41, 5.74) is 0. The van der Waals surface area contributed by atoms with Gasteiger partial charge in [0.2, 0.25) is 0 Å². The molecule has 1 unspecified atom stereocenters. The Morgan fingerprint density at radius 1 is 0.280 bits per heavy atom. The van der Waals surface area contributed by atoms with Crippen molar-refractivity contribution in [2.24, 2.45) is 0 Å². The predicted molar refractivity (Wildman–Crippen MR) is 325 cm³/mol. The van der Waals surface area contributed by atoms with E-state index >= 15 is 0 Å². The van der Waals surface area contributed by atoms with Gasteiger partial charge in [0, 0.05) is 19.3 Å². The summed E-state index contributed by atoms with van der Waals surface area (Å²) in [6.07, 6.45) is 88.4. The van der Waals surface area contributed by atoms with E-state index in [1.165, 1.54) is 77.0 Å². The molecule has 0 aromatic heterocycles. The van der Waals surface area contributed by atoms with E-state index in [0.29, 0.717) is 19.3 Å². The van der Waals surface area contributed by atoms with Gasteiger partial charge in [0.25, 0.3) is 0 Å². The predicted octanol–water partition coefficient (Wildman–Crippen LogP) is 20.8. The molecule has 0 heterocycles. The average Bonchev–Trinajstić information content (AvgIpc) is 3.41. The van der Waals surface area contributed by atoms with Crippen LogP contribution in [-0.4, -0.2) is 37.2 Å². The van der Waals surface area contributed by atoms with E-state index in [-0.39, 0.29) is 44.0 Å². The van der Waals surface area contributed by atoms with Gasteiger partial charge in [0.1, 0.15) is 13.2 Å². The molecule has 1 atom stereocenters. The highest BCUT2D eigenvalue weighted by Gasteiger charge is 2.19. The molecule has 0 amide bonds. The topological polar surface area (TPSA) is 78.9 Å². The molecular formula is C69H110O6. The van der Waals surface area contributed by atoms with Gasteiger partial charge in [-0.25, -0.2) is 0 Å². The van der Waals surface area contributed by atoms with Crippen molar-refractivity contribution in [1.82, 2.24) is 0 Å². The summed E-state index contributed by atoms with van der Waals surface area (Å²) in [4.78, 5) is 38.2. The average molecular weight is 1040 g/mol. The van der Waals surface area contributed by atoms with Crippen LogP contribution in [0.1, 0.15) is 252 Å². The van der Waals surface area contributed by atoms with E-state index in [2.05, 4.69) is 167 Å². The lowest BCUT2D eigenvalue weighted by atomic mass is 10.0. The Morgan fingerprint density at radius 2 is 0.520 bits per heavy atom. The lowest BCUT2D eigenvalue weighted by Crippen LogP contribution is -2.30. The largest absolute Gasteiger partial charge is 0.462 e. The maximum absolute atomic E-state index is 12.9. The maximum Gasteiger partial charge on any atom is 0.306 e. The number of ether oxygens (including phenoxy) is 3. The summed E-state index contributed by atoms with van der Waals surface area (Å²) in [5.74, 6) is -1.00. The van der Waals surface area contributed by atoms with Crippen LogP contribution in [0.3, 0.4) is 0 Å². The van der Waals surface area contributed by atoms with Crippen LogP contribution < -0.4 is 0 Å². The first kappa shape index (κ1) is 70.3. The number of carbonyl (C=O) groups excluding carboxylic acids is 3. The molecule has 0 aliphatic heterocycles. The Labute approximate surface area is 461 Å². The van der Waals surface area contributed by atoms with Gasteiger partial charge in [-0.15, -0.1) is 0 Å². The summed E-state index contributed by atoms with van der Waals surface area (Å²) in [6, 6.07) is 0. The van der Waals surface area contributed by atoms with Gasteiger partial charge in [0.05, 0.1) is 0 Å². The van der Waals surface area contributed by atoms with Crippen molar-refractivity contribution in [2.45, 2.75) is 258 Å². The van der Waals surface area contributed by atoms with E-state index in [1.807, 2.05) is 0 Å². The highest BCUT2D eigenvalue weighted by atomic mass is 16.6. The first-order valence-electron chi connectivity index (χ1n) is 30.3. The second kappa shape index (κ2) is 61.8. The molecule has 0 N–H and O–H groups in total. The standard InChI is InChI=1S/C69H110O6/c1-4-7-10-13-16-19-22-25-28-30-32-34-36-38-41-44-47-50-53-56-59-62-68(71)74-65-66(64-73-67(70)61-58-55-52-49-46-43-40-27-24-21-18-15-12-9-6-3)75-69(72)63-60-57-54-51-48-45-42-39-37-35-33-31-29-26-23-20-17-14-11-8-5-2/h7-8,10-11,16-17,19-20,25-26,28-29,32-35,38-39,41-42,47-48,50-51,66H,4-6,9,12-15,18,21-24,27,30-31,36-37,40,43-46,49,52-65H2,1-3H3/b10-7-,11-8-,19-16-,20-17-,28-25-,29-26-,34-32-,35-33-,41-38-,42-39-,50-47-,51-48-. The first-order valence-corrected chi connectivity index (χ1v) is 30.3. The molecule has 0 fully saturated rings. The fraction of sp³-hybridized carbons (Fsp3) is 0.609. The molecule has 0 radical (unpaired) electrons. The summed E-state index contributed by atoms with van der Waals surface area (Å²) < 4.78 is 16.8. The Morgan fingerprint density at radius 3 is 0.813 bits per heavy atom. The number of allylic oxidation sites excluding steroid dienone is 24. The van der Waals surface area contributed by atoms with Crippen molar-refractivity contribution in [3.63, 3.8) is 0 Å². The van der Waals surface area contributed by atoms with Crippen molar-refractivity contribution in [3.05, 3.63) is 146 Å². The summed E-state index contributed by atoms with van der Waals surface area (Å²) in [6.45, 7) is 6.34. The molecule has 0 rings (SSSR count).